The number of anilines is 2. The van der Waals surface area contributed by atoms with Gasteiger partial charge in [0.2, 0.25) is 5.91 Å². The van der Waals surface area contributed by atoms with Crippen LogP contribution in [0.2, 0.25) is 0 Å². The average molecular weight is 405 g/mol. The van der Waals surface area contributed by atoms with Crippen molar-refractivity contribution in [3.63, 3.8) is 0 Å². The van der Waals surface area contributed by atoms with Crippen LogP contribution in [-0.4, -0.2) is 23.7 Å². The SMILES string of the molecule is CCC(=O)N(C)c1ccc(-c2ccc(C(=O)CCc3ccc(N)nc3)c(F)c2)cc1. The van der Waals surface area contributed by atoms with Gasteiger partial charge < -0.3 is 10.6 Å². The number of hydrogen-bond donors (Lipinski definition) is 1. The number of pyridine rings is 1. The van der Waals surface area contributed by atoms with Crippen molar-refractivity contribution in [1.82, 2.24) is 4.98 Å². The van der Waals surface area contributed by atoms with E-state index >= 15 is 0 Å². The zero-order valence-corrected chi connectivity index (χ0v) is 17.1. The summed E-state index contributed by atoms with van der Waals surface area (Å²) >= 11 is 0. The van der Waals surface area contributed by atoms with Gasteiger partial charge in [0.15, 0.2) is 5.78 Å². The number of hydrogen-bond acceptors (Lipinski definition) is 4. The van der Waals surface area contributed by atoms with Crippen molar-refractivity contribution >= 4 is 23.2 Å². The third-order valence-corrected chi connectivity index (χ3v) is 5.02. The third-order valence-electron chi connectivity index (χ3n) is 5.02. The highest BCUT2D eigenvalue weighted by Gasteiger charge is 2.14. The smallest absolute Gasteiger partial charge is 0.226 e. The van der Waals surface area contributed by atoms with Gasteiger partial charge in [-0.25, -0.2) is 9.37 Å². The first-order valence-electron chi connectivity index (χ1n) is 9.79. The van der Waals surface area contributed by atoms with Crippen molar-refractivity contribution in [3.05, 3.63) is 77.7 Å². The summed E-state index contributed by atoms with van der Waals surface area (Å²) in [6.45, 7) is 1.81. The standard InChI is InChI=1S/C24H24FN3O2/c1-3-24(30)28(2)19-9-6-17(7-10-19)18-8-11-20(21(25)14-18)22(29)12-4-16-5-13-23(26)27-15-16/h5-11,13-15H,3-4,12H2,1-2H3,(H2,26,27). The van der Waals surface area contributed by atoms with Crippen molar-refractivity contribution in [2.24, 2.45) is 0 Å². The Morgan fingerprint density at radius 2 is 1.73 bits per heavy atom. The molecule has 0 atom stereocenters. The van der Waals surface area contributed by atoms with Crippen LogP contribution in [0, 0.1) is 5.82 Å². The lowest BCUT2D eigenvalue weighted by atomic mass is 9.99. The van der Waals surface area contributed by atoms with Crippen LogP contribution in [-0.2, 0) is 11.2 Å². The van der Waals surface area contributed by atoms with Crippen LogP contribution in [0.3, 0.4) is 0 Å². The first-order valence-corrected chi connectivity index (χ1v) is 9.79. The summed E-state index contributed by atoms with van der Waals surface area (Å²) in [6.07, 6.45) is 2.71. The molecule has 0 aliphatic rings. The van der Waals surface area contributed by atoms with Crippen LogP contribution in [0.4, 0.5) is 15.9 Å². The van der Waals surface area contributed by atoms with E-state index in [9.17, 15) is 14.0 Å². The van der Waals surface area contributed by atoms with Crippen molar-refractivity contribution in [2.45, 2.75) is 26.2 Å². The maximum absolute atomic E-state index is 14.6. The Kier molecular flexibility index (Phi) is 6.57. The minimum absolute atomic E-state index is 0.0198. The van der Waals surface area contributed by atoms with E-state index in [4.69, 9.17) is 5.73 Å². The average Bonchev–Trinajstić information content (AvgIpc) is 2.77. The van der Waals surface area contributed by atoms with E-state index < -0.39 is 5.82 Å². The molecule has 1 heterocycles. The molecule has 3 aromatic rings. The summed E-state index contributed by atoms with van der Waals surface area (Å²) in [7, 11) is 1.72. The predicted molar refractivity (Wildman–Crippen MR) is 117 cm³/mol. The molecule has 2 aromatic carbocycles. The number of ketones is 1. The lowest BCUT2D eigenvalue weighted by Gasteiger charge is -2.16. The molecule has 5 nitrogen and oxygen atoms in total. The number of nitrogens with two attached hydrogens (primary N) is 1. The van der Waals surface area contributed by atoms with Gasteiger partial charge in [-0.15, -0.1) is 0 Å². The lowest BCUT2D eigenvalue weighted by Crippen LogP contribution is -2.24. The maximum Gasteiger partial charge on any atom is 0.226 e. The summed E-state index contributed by atoms with van der Waals surface area (Å²) in [5.74, 6) is -0.365. The van der Waals surface area contributed by atoms with Crippen molar-refractivity contribution in [3.8, 4) is 11.1 Å². The van der Waals surface area contributed by atoms with Crippen LogP contribution in [0.1, 0.15) is 35.7 Å². The van der Waals surface area contributed by atoms with Gasteiger partial charge in [-0.3, -0.25) is 9.59 Å². The summed E-state index contributed by atoms with van der Waals surface area (Å²) in [4.78, 5) is 29.8. The second-order valence-electron chi connectivity index (χ2n) is 7.06. The van der Waals surface area contributed by atoms with Gasteiger partial charge in [0.1, 0.15) is 11.6 Å². The van der Waals surface area contributed by atoms with Gasteiger partial charge >= 0.3 is 0 Å². The fraction of sp³-hybridized carbons (Fsp3) is 0.208. The number of aryl methyl sites for hydroxylation is 1. The van der Waals surface area contributed by atoms with E-state index in [0.717, 1.165) is 16.8 Å². The van der Waals surface area contributed by atoms with Crippen LogP contribution in [0.5, 0.6) is 0 Å². The molecule has 0 radical (unpaired) electrons. The van der Waals surface area contributed by atoms with Crippen LogP contribution >= 0.6 is 0 Å². The Morgan fingerprint density at radius 3 is 2.33 bits per heavy atom. The highest BCUT2D eigenvalue weighted by molar-refractivity contribution is 5.97. The first-order chi connectivity index (χ1) is 14.4. The minimum atomic E-state index is -0.546. The number of carbonyl (C=O) groups excluding carboxylic acids is 2. The number of rotatable bonds is 7. The topological polar surface area (TPSA) is 76.3 Å². The zero-order chi connectivity index (χ0) is 21.7. The lowest BCUT2D eigenvalue weighted by molar-refractivity contribution is -0.118. The van der Waals surface area contributed by atoms with E-state index in [2.05, 4.69) is 4.98 Å². The molecule has 0 spiro atoms. The Balaban J connectivity index is 1.70. The van der Waals surface area contributed by atoms with Crippen molar-refractivity contribution < 1.29 is 14.0 Å². The summed E-state index contributed by atoms with van der Waals surface area (Å²) in [5.41, 5.74) is 8.76. The van der Waals surface area contributed by atoms with Crippen LogP contribution in [0.25, 0.3) is 11.1 Å². The van der Waals surface area contributed by atoms with Gasteiger partial charge in [-0.1, -0.05) is 31.2 Å². The second kappa shape index (κ2) is 9.31. The quantitative estimate of drug-likeness (QED) is 0.580. The Labute approximate surface area is 175 Å². The van der Waals surface area contributed by atoms with E-state index in [1.807, 2.05) is 37.3 Å². The molecule has 30 heavy (non-hydrogen) atoms. The number of carbonyl (C=O) groups is 2. The van der Waals surface area contributed by atoms with Gasteiger partial charge in [0.25, 0.3) is 0 Å². The zero-order valence-electron chi connectivity index (χ0n) is 17.1. The largest absolute Gasteiger partial charge is 0.384 e. The molecule has 0 saturated heterocycles. The monoisotopic (exact) mass is 405 g/mol. The molecule has 0 bridgehead atoms. The molecule has 2 N–H and O–H groups in total. The molecule has 0 unspecified atom stereocenters. The number of aromatic nitrogens is 1. The number of halogens is 1. The number of amides is 1. The molecule has 0 fully saturated rings. The van der Waals surface area contributed by atoms with Crippen LogP contribution < -0.4 is 10.6 Å². The minimum Gasteiger partial charge on any atom is -0.384 e. The van der Waals surface area contributed by atoms with Gasteiger partial charge in [0, 0.05) is 31.8 Å². The number of benzene rings is 2. The molecule has 1 aromatic heterocycles. The fourth-order valence-corrected chi connectivity index (χ4v) is 3.16. The third kappa shape index (κ3) is 4.89. The molecule has 1 amide bonds. The maximum atomic E-state index is 14.6. The van der Waals surface area contributed by atoms with E-state index in [1.165, 1.54) is 12.1 Å². The number of Topliss-reactive ketones (excluding diaryl/α,β-unsaturated/α-hetero) is 1. The van der Waals surface area contributed by atoms with E-state index in [-0.39, 0.29) is 23.7 Å². The van der Waals surface area contributed by atoms with Crippen LogP contribution in [0.15, 0.2) is 60.8 Å². The molecular weight excluding hydrogens is 381 g/mol. The van der Waals surface area contributed by atoms with E-state index in [0.29, 0.717) is 24.2 Å². The van der Waals surface area contributed by atoms with Gasteiger partial charge in [-0.2, -0.15) is 0 Å². The van der Waals surface area contributed by atoms with Gasteiger partial charge in [-0.05, 0) is 53.4 Å². The van der Waals surface area contributed by atoms with E-state index in [1.54, 1.807) is 30.3 Å². The molecule has 0 aliphatic carbocycles. The Morgan fingerprint density at radius 1 is 1.03 bits per heavy atom. The van der Waals surface area contributed by atoms with Crippen molar-refractivity contribution in [1.29, 1.82) is 0 Å². The summed E-state index contributed by atoms with van der Waals surface area (Å²) in [6, 6.07) is 15.4. The van der Waals surface area contributed by atoms with Crippen molar-refractivity contribution in [2.75, 3.05) is 17.7 Å². The normalized spacial score (nSPS) is 10.6. The number of nitrogens with zero attached hydrogens (tertiary/aromatic N) is 2. The summed E-state index contributed by atoms with van der Waals surface area (Å²) in [5, 5.41) is 0. The molecule has 0 saturated carbocycles. The molecular formula is C24H24FN3O2. The summed E-state index contributed by atoms with van der Waals surface area (Å²) < 4.78 is 14.6. The second-order valence-corrected chi connectivity index (χ2v) is 7.06. The molecule has 3 rings (SSSR count). The highest BCUT2D eigenvalue weighted by Crippen LogP contribution is 2.25. The molecule has 0 aliphatic heterocycles. The molecule has 154 valence electrons. The Hall–Kier alpha value is -3.54. The first kappa shape index (κ1) is 21.2. The fourth-order valence-electron chi connectivity index (χ4n) is 3.16. The molecule has 6 heteroatoms. The predicted octanol–water partition coefficient (Wildman–Crippen LogP) is 4.66. The number of nitrogen functional groups attached to an aromatic ring is 1. The Bertz CT molecular complexity index is 1050. The van der Waals surface area contributed by atoms with Gasteiger partial charge in [0.05, 0.1) is 5.56 Å². The highest BCUT2D eigenvalue weighted by atomic mass is 19.1.